The van der Waals surface area contributed by atoms with E-state index in [0.717, 1.165) is 11.3 Å². The standard InChI is InChI=1S/C20H22N2O3S2/c1-2-24-17-7-3-15(4-8-17)13-21-22-19(23)14-25-18-9-5-16(6-10-18)20-26-11-12-27-20/h3-10,13,20H,2,11-12,14H2,1H3,(H,22,23)/b21-13-. The molecule has 1 amide bonds. The van der Waals surface area contributed by atoms with Gasteiger partial charge in [-0.3, -0.25) is 4.79 Å². The van der Waals surface area contributed by atoms with Crippen molar-refractivity contribution in [2.24, 2.45) is 5.10 Å². The highest BCUT2D eigenvalue weighted by molar-refractivity contribution is 8.19. The van der Waals surface area contributed by atoms with E-state index in [1.165, 1.54) is 17.1 Å². The first-order valence-electron chi connectivity index (χ1n) is 8.75. The Morgan fingerprint density at radius 3 is 2.37 bits per heavy atom. The van der Waals surface area contributed by atoms with E-state index in [-0.39, 0.29) is 12.5 Å². The van der Waals surface area contributed by atoms with E-state index < -0.39 is 0 Å². The summed E-state index contributed by atoms with van der Waals surface area (Å²) in [5.74, 6) is 3.58. The summed E-state index contributed by atoms with van der Waals surface area (Å²) in [6.45, 7) is 2.49. The van der Waals surface area contributed by atoms with Crippen molar-refractivity contribution in [3.63, 3.8) is 0 Å². The predicted octanol–water partition coefficient (Wildman–Crippen LogP) is 4.09. The smallest absolute Gasteiger partial charge is 0.277 e. The minimum Gasteiger partial charge on any atom is -0.494 e. The molecule has 1 heterocycles. The highest BCUT2D eigenvalue weighted by atomic mass is 32.2. The van der Waals surface area contributed by atoms with Crippen LogP contribution in [0.25, 0.3) is 0 Å². The molecular weight excluding hydrogens is 380 g/mol. The Balaban J connectivity index is 1.41. The van der Waals surface area contributed by atoms with E-state index in [1.54, 1.807) is 6.21 Å². The van der Waals surface area contributed by atoms with E-state index in [2.05, 4.69) is 22.7 Å². The van der Waals surface area contributed by atoms with Crippen molar-refractivity contribution in [3.8, 4) is 11.5 Å². The number of hydrazone groups is 1. The van der Waals surface area contributed by atoms with Crippen LogP contribution in [0, 0.1) is 0 Å². The maximum atomic E-state index is 11.8. The molecule has 142 valence electrons. The summed E-state index contributed by atoms with van der Waals surface area (Å²) >= 11 is 3.93. The van der Waals surface area contributed by atoms with Gasteiger partial charge in [0.15, 0.2) is 6.61 Å². The van der Waals surface area contributed by atoms with Crippen LogP contribution < -0.4 is 14.9 Å². The monoisotopic (exact) mass is 402 g/mol. The molecule has 0 saturated carbocycles. The predicted molar refractivity (Wildman–Crippen MR) is 113 cm³/mol. The van der Waals surface area contributed by atoms with Crippen molar-refractivity contribution >= 4 is 35.6 Å². The van der Waals surface area contributed by atoms with E-state index in [0.29, 0.717) is 16.9 Å². The van der Waals surface area contributed by atoms with Gasteiger partial charge in [0.1, 0.15) is 11.5 Å². The van der Waals surface area contributed by atoms with Crippen LogP contribution in [0.2, 0.25) is 0 Å². The lowest BCUT2D eigenvalue weighted by Gasteiger charge is -2.10. The first kappa shape index (κ1) is 19.6. The molecule has 1 N–H and O–H groups in total. The van der Waals surface area contributed by atoms with Crippen LogP contribution in [0.5, 0.6) is 11.5 Å². The molecule has 1 aliphatic rings. The fourth-order valence-electron chi connectivity index (χ4n) is 2.45. The number of rotatable bonds is 8. The Hall–Kier alpha value is -2.12. The van der Waals surface area contributed by atoms with Gasteiger partial charge in [-0.2, -0.15) is 5.10 Å². The second-order valence-electron chi connectivity index (χ2n) is 5.73. The van der Waals surface area contributed by atoms with Crippen molar-refractivity contribution in [1.82, 2.24) is 5.43 Å². The normalized spacial score (nSPS) is 14.4. The Morgan fingerprint density at radius 2 is 1.70 bits per heavy atom. The van der Waals surface area contributed by atoms with Crippen molar-refractivity contribution in [2.45, 2.75) is 11.5 Å². The number of benzene rings is 2. The maximum absolute atomic E-state index is 11.8. The summed E-state index contributed by atoms with van der Waals surface area (Å²) < 4.78 is 11.4. The van der Waals surface area contributed by atoms with Crippen molar-refractivity contribution in [2.75, 3.05) is 24.7 Å². The molecule has 1 aliphatic heterocycles. The second kappa shape index (κ2) is 10.3. The summed E-state index contributed by atoms with van der Waals surface area (Å²) in [6, 6.07) is 15.4. The van der Waals surface area contributed by atoms with E-state index in [9.17, 15) is 4.79 Å². The maximum Gasteiger partial charge on any atom is 0.277 e. The van der Waals surface area contributed by atoms with Crippen LogP contribution in [0.4, 0.5) is 0 Å². The van der Waals surface area contributed by atoms with Gasteiger partial charge in [0.05, 0.1) is 17.4 Å². The van der Waals surface area contributed by atoms with Crippen molar-refractivity contribution in [1.29, 1.82) is 0 Å². The van der Waals surface area contributed by atoms with Crippen LogP contribution in [0.3, 0.4) is 0 Å². The van der Waals surface area contributed by atoms with Crippen LogP contribution in [0.1, 0.15) is 22.6 Å². The summed E-state index contributed by atoms with van der Waals surface area (Å²) in [6.07, 6.45) is 1.58. The first-order chi connectivity index (χ1) is 13.2. The molecule has 5 nitrogen and oxygen atoms in total. The number of carbonyl (C=O) groups is 1. The molecule has 7 heteroatoms. The van der Waals surface area contributed by atoms with E-state index in [4.69, 9.17) is 9.47 Å². The summed E-state index contributed by atoms with van der Waals surface area (Å²) in [5.41, 5.74) is 4.63. The number of nitrogens with zero attached hydrogens (tertiary/aromatic N) is 1. The van der Waals surface area contributed by atoms with Gasteiger partial charge in [-0.25, -0.2) is 5.43 Å². The molecule has 0 aliphatic carbocycles. The average Bonchev–Trinajstić information content (AvgIpc) is 3.23. The van der Waals surface area contributed by atoms with Crippen molar-refractivity contribution in [3.05, 3.63) is 59.7 Å². The zero-order valence-corrected chi connectivity index (χ0v) is 16.7. The van der Waals surface area contributed by atoms with Crippen molar-refractivity contribution < 1.29 is 14.3 Å². The molecule has 1 fully saturated rings. The second-order valence-corrected chi connectivity index (χ2v) is 8.45. The number of thioether (sulfide) groups is 2. The molecule has 27 heavy (non-hydrogen) atoms. The molecular formula is C20H22N2O3S2. The zero-order chi connectivity index (χ0) is 18.9. The van der Waals surface area contributed by atoms with Gasteiger partial charge < -0.3 is 9.47 Å². The summed E-state index contributed by atoms with van der Waals surface area (Å²) in [5, 5.41) is 3.95. The number of nitrogens with one attached hydrogen (secondary N) is 1. The molecule has 0 unspecified atom stereocenters. The number of hydrogen-bond donors (Lipinski definition) is 1. The third kappa shape index (κ3) is 6.22. The summed E-state index contributed by atoms with van der Waals surface area (Å²) in [7, 11) is 0. The van der Waals surface area contributed by atoms with Crippen LogP contribution in [-0.4, -0.2) is 36.8 Å². The minimum atomic E-state index is -0.303. The molecule has 3 rings (SSSR count). The zero-order valence-electron chi connectivity index (χ0n) is 15.1. The lowest BCUT2D eigenvalue weighted by molar-refractivity contribution is -0.123. The molecule has 1 saturated heterocycles. The third-order valence-corrected chi connectivity index (χ3v) is 6.84. The lowest BCUT2D eigenvalue weighted by Crippen LogP contribution is -2.24. The molecule has 0 radical (unpaired) electrons. The molecule has 0 atom stereocenters. The van der Waals surface area contributed by atoms with Gasteiger partial charge in [0.2, 0.25) is 0 Å². The van der Waals surface area contributed by atoms with Crippen LogP contribution >= 0.6 is 23.5 Å². The molecule has 0 bridgehead atoms. The fraction of sp³-hybridized carbons (Fsp3) is 0.300. The number of ether oxygens (including phenoxy) is 2. The number of hydrogen-bond acceptors (Lipinski definition) is 6. The average molecular weight is 403 g/mol. The molecule has 2 aromatic carbocycles. The number of carbonyl (C=O) groups excluding carboxylic acids is 1. The highest BCUT2D eigenvalue weighted by Crippen LogP contribution is 2.45. The van der Waals surface area contributed by atoms with Gasteiger partial charge in [-0.05, 0) is 54.4 Å². The number of amides is 1. The van der Waals surface area contributed by atoms with Gasteiger partial charge in [0.25, 0.3) is 5.91 Å². The van der Waals surface area contributed by atoms with Crippen LogP contribution in [-0.2, 0) is 4.79 Å². The van der Waals surface area contributed by atoms with Gasteiger partial charge in [-0.1, -0.05) is 12.1 Å². The Labute approximate surface area is 167 Å². The Kier molecular flexibility index (Phi) is 7.47. The topological polar surface area (TPSA) is 59.9 Å². The lowest BCUT2D eigenvalue weighted by atomic mass is 10.2. The molecule has 2 aromatic rings. The van der Waals surface area contributed by atoms with E-state index >= 15 is 0 Å². The molecule has 0 aromatic heterocycles. The SMILES string of the molecule is CCOc1ccc(/C=N\NC(=O)COc2ccc(C3SCCS3)cc2)cc1. The van der Waals surface area contributed by atoms with Gasteiger partial charge in [-0.15, -0.1) is 23.5 Å². The minimum absolute atomic E-state index is 0.0765. The van der Waals surface area contributed by atoms with E-state index in [1.807, 2.05) is 66.8 Å². The third-order valence-electron chi connectivity index (χ3n) is 3.74. The fourth-order valence-corrected chi connectivity index (χ4v) is 5.31. The quantitative estimate of drug-likeness (QED) is 0.532. The van der Waals surface area contributed by atoms with Gasteiger partial charge in [0, 0.05) is 11.5 Å². The largest absolute Gasteiger partial charge is 0.494 e. The summed E-state index contributed by atoms with van der Waals surface area (Å²) in [4.78, 5) is 11.8. The Bertz CT molecular complexity index is 758. The van der Waals surface area contributed by atoms with Crippen LogP contribution in [0.15, 0.2) is 53.6 Å². The first-order valence-corrected chi connectivity index (χ1v) is 10.8. The molecule has 0 spiro atoms. The Morgan fingerprint density at radius 1 is 1.07 bits per heavy atom. The van der Waals surface area contributed by atoms with Gasteiger partial charge >= 0.3 is 0 Å². The highest BCUT2D eigenvalue weighted by Gasteiger charge is 2.17.